The number of hydrogen-bond acceptors (Lipinski definition) is 2. The fourth-order valence-corrected chi connectivity index (χ4v) is 14.0. The van der Waals surface area contributed by atoms with Gasteiger partial charge in [0, 0.05) is 11.8 Å². The Labute approximate surface area is 317 Å². The lowest BCUT2D eigenvalue weighted by Crippen LogP contribution is -2.58. The zero-order chi connectivity index (χ0) is 36.9. The van der Waals surface area contributed by atoms with E-state index >= 15 is 0 Å². The zero-order valence-electron chi connectivity index (χ0n) is 35.3. The number of carbonyl (C=O) groups is 1. The van der Waals surface area contributed by atoms with Crippen LogP contribution in [-0.2, 0) is 9.53 Å². The normalized spacial score (nSPS) is 37.6. The van der Waals surface area contributed by atoms with E-state index in [0.29, 0.717) is 39.9 Å². The summed E-state index contributed by atoms with van der Waals surface area (Å²) in [6, 6.07) is 0. The fourth-order valence-electron chi connectivity index (χ4n) is 14.0. The molecular weight excluding hydrogens is 621 g/mol. The molecule has 0 radical (unpaired) electrons. The highest BCUT2D eigenvalue weighted by Crippen LogP contribution is 2.89. The molecule has 0 amide bonds. The lowest BCUT2D eigenvalue weighted by molar-refractivity contribution is -0.183. The molecule has 0 N–H and O–H groups in total. The number of fused-ring (bicyclic) bond motifs is 2. The van der Waals surface area contributed by atoms with Crippen molar-refractivity contribution in [3.63, 3.8) is 0 Å². The Morgan fingerprint density at radius 3 is 2.00 bits per heavy atom. The summed E-state index contributed by atoms with van der Waals surface area (Å²) < 4.78 is 6.42. The number of unbranched alkanes of at least 4 members (excludes halogenated alkanes) is 11. The molecule has 10 atom stereocenters. The quantitative estimate of drug-likeness (QED) is 0.0675. The molecule has 51 heavy (non-hydrogen) atoms. The molecule has 0 unspecified atom stereocenters. The van der Waals surface area contributed by atoms with Crippen molar-refractivity contribution in [2.24, 2.45) is 56.7 Å². The van der Waals surface area contributed by atoms with Crippen molar-refractivity contribution in [2.45, 2.75) is 222 Å². The number of rotatable bonds is 21. The Bertz CT molecular complexity index is 1180. The summed E-state index contributed by atoms with van der Waals surface area (Å²) in [4.78, 5) is 13.2. The van der Waals surface area contributed by atoms with Gasteiger partial charge in [0.05, 0.1) is 0 Å². The van der Waals surface area contributed by atoms with Crippen molar-refractivity contribution < 1.29 is 9.53 Å². The minimum Gasteiger partial charge on any atom is -0.462 e. The summed E-state index contributed by atoms with van der Waals surface area (Å²) in [5.41, 5.74) is 3.47. The predicted molar refractivity (Wildman–Crippen MR) is 219 cm³/mol. The topological polar surface area (TPSA) is 26.3 Å². The SMILES string of the molecule is C=C(C)[C@@H](C)CC[C@@H](C)[C@H]1CC[C@@]2(C)[C@@H]3CC[C@H]4C(C)(C)[C@@H](OC(=O)CCCCCCC/C=C\CCCCCCCC)CC[C@@]45C[C@@]35CC[C@]12C. The first-order valence-electron chi connectivity index (χ1n) is 22.8. The third kappa shape index (κ3) is 8.17. The van der Waals surface area contributed by atoms with Crippen LogP contribution in [0.5, 0.6) is 0 Å². The van der Waals surface area contributed by atoms with Gasteiger partial charge in [-0.25, -0.2) is 0 Å². The van der Waals surface area contributed by atoms with Crippen LogP contribution >= 0.6 is 0 Å². The average Bonchev–Trinajstić information content (AvgIpc) is 3.67. The molecule has 5 aliphatic carbocycles. The molecule has 0 bridgehead atoms. The van der Waals surface area contributed by atoms with Gasteiger partial charge >= 0.3 is 5.97 Å². The molecule has 0 aromatic rings. The first-order chi connectivity index (χ1) is 24.3. The van der Waals surface area contributed by atoms with E-state index in [2.05, 4.69) is 74.1 Å². The van der Waals surface area contributed by atoms with Gasteiger partial charge in [0.1, 0.15) is 6.10 Å². The summed E-state index contributed by atoms with van der Waals surface area (Å²) in [5, 5.41) is 0. The van der Waals surface area contributed by atoms with E-state index in [9.17, 15) is 4.79 Å². The van der Waals surface area contributed by atoms with Gasteiger partial charge in [-0.05, 0) is 161 Å². The van der Waals surface area contributed by atoms with Crippen LogP contribution in [0, 0.1) is 56.7 Å². The van der Waals surface area contributed by atoms with E-state index in [1.165, 1.54) is 140 Å². The van der Waals surface area contributed by atoms with Crippen LogP contribution in [0.2, 0.25) is 0 Å². The van der Waals surface area contributed by atoms with Crippen LogP contribution in [0.4, 0.5) is 0 Å². The summed E-state index contributed by atoms with van der Waals surface area (Å²) >= 11 is 0. The van der Waals surface area contributed by atoms with Gasteiger partial charge in [-0.3, -0.25) is 4.79 Å². The van der Waals surface area contributed by atoms with Gasteiger partial charge in [-0.2, -0.15) is 0 Å². The van der Waals surface area contributed by atoms with E-state index in [0.717, 1.165) is 37.0 Å². The average molecular weight is 705 g/mol. The maximum atomic E-state index is 13.2. The lowest BCUT2D eigenvalue weighted by Gasteiger charge is -2.63. The first-order valence-corrected chi connectivity index (χ1v) is 22.8. The molecule has 5 aliphatic rings. The number of esters is 1. The summed E-state index contributed by atoms with van der Waals surface area (Å²) in [6.45, 7) is 24.2. The summed E-state index contributed by atoms with van der Waals surface area (Å²) in [5.74, 6) is 4.01. The van der Waals surface area contributed by atoms with Crippen LogP contribution in [0.3, 0.4) is 0 Å². The van der Waals surface area contributed by atoms with Crippen LogP contribution < -0.4 is 0 Å². The van der Waals surface area contributed by atoms with Gasteiger partial charge in [-0.15, -0.1) is 0 Å². The minimum absolute atomic E-state index is 0.0746. The predicted octanol–water partition coefficient (Wildman–Crippen LogP) is 15.0. The van der Waals surface area contributed by atoms with Gasteiger partial charge in [0.2, 0.25) is 0 Å². The number of carbonyl (C=O) groups excluding carboxylic acids is 1. The minimum atomic E-state index is 0.0746. The molecule has 0 saturated heterocycles. The molecule has 5 rings (SSSR count). The van der Waals surface area contributed by atoms with Crippen LogP contribution in [0.15, 0.2) is 24.3 Å². The van der Waals surface area contributed by atoms with Crippen molar-refractivity contribution in [3.8, 4) is 0 Å². The Morgan fingerprint density at radius 2 is 1.33 bits per heavy atom. The second kappa shape index (κ2) is 17.2. The highest BCUT2D eigenvalue weighted by Gasteiger charge is 2.82. The Morgan fingerprint density at radius 1 is 0.725 bits per heavy atom. The van der Waals surface area contributed by atoms with Gasteiger partial charge in [0.25, 0.3) is 0 Å². The van der Waals surface area contributed by atoms with E-state index in [-0.39, 0.29) is 17.5 Å². The van der Waals surface area contributed by atoms with Gasteiger partial charge in [-0.1, -0.05) is 124 Å². The standard InChI is InChI=1S/C49H84O2/c1-10-11-12-13-14-15-16-17-18-19-20-21-22-23-24-25-44(50)51-43-31-33-48-36-49(48)35-34-46(8)40(39(5)27-26-38(4)37(2)3)30-32-47(46,9)42(49)29-28-41(48)45(43,6)7/h17-18,38-43H,2,10-16,19-36H2,1,3-9H3/b18-17-/t38-,39+,40+,41-,42-,43-,46+,47-,48+,49-/m0/s1. The maximum Gasteiger partial charge on any atom is 0.306 e. The van der Waals surface area contributed by atoms with E-state index in [1.54, 1.807) is 0 Å². The maximum absolute atomic E-state index is 13.2. The second-order valence-corrected chi connectivity index (χ2v) is 20.6. The van der Waals surface area contributed by atoms with Crippen LogP contribution in [-0.4, -0.2) is 12.1 Å². The highest BCUT2D eigenvalue weighted by atomic mass is 16.5. The first kappa shape index (κ1) is 41.1. The monoisotopic (exact) mass is 705 g/mol. The Kier molecular flexibility index (Phi) is 13.8. The number of hydrogen-bond donors (Lipinski definition) is 0. The van der Waals surface area contributed by atoms with Crippen molar-refractivity contribution in [1.82, 2.24) is 0 Å². The summed E-state index contributed by atoms with van der Waals surface area (Å²) in [7, 11) is 0. The Balaban J connectivity index is 1.04. The van der Waals surface area contributed by atoms with Crippen LogP contribution in [0.1, 0.15) is 216 Å². The highest BCUT2D eigenvalue weighted by molar-refractivity contribution is 5.69. The number of allylic oxidation sites excluding steroid dienone is 3. The third-order valence-electron chi connectivity index (χ3n) is 17.6. The van der Waals surface area contributed by atoms with E-state index in [4.69, 9.17) is 4.74 Å². The molecule has 2 heteroatoms. The molecule has 0 heterocycles. The zero-order valence-corrected chi connectivity index (χ0v) is 35.3. The number of ether oxygens (including phenoxy) is 1. The Hall–Kier alpha value is -1.05. The van der Waals surface area contributed by atoms with Crippen LogP contribution in [0.25, 0.3) is 0 Å². The van der Waals surface area contributed by atoms with E-state index in [1.807, 2.05) is 0 Å². The molecule has 5 fully saturated rings. The fraction of sp³-hybridized carbons (Fsp3) is 0.898. The molecule has 2 spiro atoms. The molecule has 0 aromatic heterocycles. The van der Waals surface area contributed by atoms with Crippen molar-refractivity contribution in [2.75, 3.05) is 0 Å². The second-order valence-electron chi connectivity index (χ2n) is 20.6. The molecule has 5 saturated carbocycles. The van der Waals surface area contributed by atoms with Gasteiger partial charge < -0.3 is 4.74 Å². The molecular formula is C49H84O2. The van der Waals surface area contributed by atoms with Crippen molar-refractivity contribution in [3.05, 3.63) is 24.3 Å². The molecule has 2 nitrogen and oxygen atoms in total. The smallest absolute Gasteiger partial charge is 0.306 e. The largest absolute Gasteiger partial charge is 0.462 e. The molecule has 0 aliphatic heterocycles. The van der Waals surface area contributed by atoms with E-state index < -0.39 is 0 Å². The molecule has 0 aromatic carbocycles. The van der Waals surface area contributed by atoms with Crippen molar-refractivity contribution >= 4 is 5.97 Å². The van der Waals surface area contributed by atoms with Gasteiger partial charge in [0.15, 0.2) is 0 Å². The lowest BCUT2D eigenvalue weighted by atomic mass is 9.41. The third-order valence-corrected chi connectivity index (χ3v) is 17.6. The molecule has 292 valence electrons. The summed E-state index contributed by atoms with van der Waals surface area (Å²) in [6.07, 6.45) is 37.3. The van der Waals surface area contributed by atoms with Crippen molar-refractivity contribution in [1.29, 1.82) is 0 Å².